The fourth-order valence-corrected chi connectivity index (χ4v) is 4.34. The molecule has 0 bridgehead atoms. The van der Waals surface area contributed by atoms with Gasteiger partial charge in [-0.3, -0.25) is 9.59 Å². The number of piperidine rings is 1. The van der Waals surface area contributed by atoms with Crippen LogP contribution in [0.4, 0.5) is 5.69 Å². The summed E-state index contributed by atoms with van der Waals surface area (Å²) >= 11 is 7.61. The van der Waals surface area contributed by atoms with Gasteiger partial charge in [0.2, 0.25) is 5.91 Å². The molecule has 4 rings (SSSR count). The normalized spacial score (nSPS) is 16.2. The molecule has 1 N–H and O–H groups in total. The number of ether oxygens (including phenoxy) is 1. The van der Waals surface area contributed by atoms with Crippen LogP contribution in [-0.4, -0.2) is 29.8 Å². The molecule has 1 atom stereocenters. The molecular formula is C23H21ClN2O3S. The van der Waals surface area contributed by atoms with Gasteiger partial charge in [0, 0.05) is 13.1 Å². The highest BCUT2D eigenvalue weighted by Crippen LogP contribution is 2.34. The predicted octanol–water partition coefficient (Wildman–Crippen LogP) is 5.68. The van der Waals surface area contributed by atoms with E-state index in [1.54, 1.807) is 29.2 Å². The van der Waals surface area contributed by atoms with Crippen molar-refractivity contribution in [2.24, 2.45) is 5.92 Å². The number of hydrogen-bond donors (Lipinski definition) is 1. The Labute approximate surface area is 184 Å². The Hall–Kier alpha value is -2.83. The van der Waals surface area contributed by atoms with Crippen LogP contribution in [0.1, 0.15) is 22.5 Å². The highest BCUT2D eigenvalue weighted by molar-refractivity contribution is 7.12. The standard InChI is InChI=1S/C23H21ClN2O3S/c24-17-8-1-3-10-19(17)29-20-11-4-2-9-18(20)25-22(27)16-7-5-13-26(15-16)23(28)21-12-6-14-30-21/h1-4,6,8-12,14,16H,5,7,13,15H2,(H,25,27)/t16-/m1/s1. The molecule has 0 saturated carbocycles. The van der Waals surface area contributed by atoms with Crippen molar-refractivity contribution in [3.05, 3.63) is 75.9 Å². The summed E-state index contributed by atoms with van der Waals surface area (Å²) in [5, 5.41) is 5.35. The van der Waals surface area contributed by atoms with Crippen molar-refractivity contribution in [3.63, 3.8) is 0 Å². The highest BCUT2D eigenvalue weighted by atomic mass is 35.5. The molecule has 1 aliphatic rings. The van der Waals surface area contributed by atoms with Crippen LogP contribution in [-0.2, 0) is 4.79 Å². The molecule has 7 heteroatoms. The minimum Gasteiger partial charge on any atom is -0.454 e. The van der Waals surface area contributed by atoms with E-state index in [1.165, 1.54) is 11.3 Å². The van der Waals surface area contributed by atoms with Crippen LogP contribution >= 0.6 is 22.9 Å². The number of thiophene rings is 1. The molecule has 1 aromatic heterocycles. The first-order valence-corrected chi connectivity index (χ1v) is 11.0. The summed E-state index contributed by atoms with van der Waals surface area (Å²) in [7, 11) is 0. The first kappa shape index (κ1) is 20.4. The molecule has 2 amide bonds. The maximum Gasteiger partial charge on any atom is 0.263 e. The summed E-state index contributed by atoms with van der Waals surface area (Å²) in [4.78, 5) is 28.1. The Kier molecular flexibility index (Phi) is 6.35. The van der Waals surface area contributed by atoms with Crippen molar-refractivity contribution < 1.29 is 14.3 Å². The number of rotatable bonds is 5. The number of nitrogens with one attached hydrogen (secondary N) is 1. The molecule has 0 spiro atoms. The topological polar surface area (TPSA) is 58.6 Å². The fraction of sp³-hybridized carbons (Fsp3) is 0.217. The number of nitrogens with zero attached hydrogens (tertiary/aromatic N) is 1. The van der Waals surface area contributed by atoms with Gasteiger partial charge in [-0.2, -0.15) is 0 Å². The first-order chi connectivity index (χ1) is 14.6. The molecular weight excluding hydrogens is 420 g/mol. The molecule has 2 heterocycles. The van der Waals surface area contributed by atoms with Crippen molar-refractivity contribution in [1.82, 2.24) is 4.90 Å². The quantitative estimate of drug-likeness (QED) is 0.554. The number of anilines is 1. The Balaban J connectivity index is 1.45. The summed E-state index contributed by atoms with van der Waals surface area (Å²) in [6.07, 6.45) is 1.54. The number of amides is 2. The average molecular weight is 441 g/mol. The van der Waals surface area contributed by atoms with Crippen LogP contribution in [0.5, 0.6) is 11.5 Å². The fourth-order valence-electron chi connectivity index (χ4n) is 3.47. The van der Waals surface area contributed by atoms with E-state index in [0.29, 0.717) is 40.2 Å². The molecule has 0 radical (unpaired) electrons. The highest BCUT2D eigenvalue weighted by Gasteiger charge is 2.29. The number of hydrogen-bond acceptors (Lipinski definition) is 4. The number of benzene rings is 2. The van der Waals surface area contributed by atoms with Crippen molar-refractivity contribution >= 4 is 40.4 Å². The maximum absolute atomic E-state index is 13.0. The van der Waals surface area contributed by atoms with Gasteiger partial charge in [-0.25, -0.2) is 0 Å². The lowest BCUT2D eigenvalue weighted by atomic mass is 9.96. The maximum atomic E-state index is 13.0. The third-order valence-corrected chi connectivity index (χ3v) is 6.18. The summed E-state index contributed by atoms with van der Waals surface area (Å²) in [6.45, 7) is 1.09. The van der Waals surface area contributed by atoms with Gasteiger partial charge in [0.05, 0.1) is 21.5 Å². The predicted molar refractivity (Wildman–Crippen MR) is 120 cm³/mol. The van der Waals surface area contributed by atoms with Gasteiger partial charge >= 0.3 is 0 Å². The van der Waals surface area contributed by atoms with Gasteiger partial charge in [-0.1, -0.05) is 41.9 Å². The van der Waals surface area contributed by atoms with Gasteiger partial charge in [0.15, 0.2) is 5.75 Å². The molecule has 5 nitrogen and oxygen atoms in total. The lowest BCUT2D eigenvalue weighted by molar-refractivity contribution is -0.121. The molecule has 1 fully saturated rings. The minimum absolute atomic E-state index is 0.00930. The van der Waals surface area contributed by atoms with Crippen LogP contribution in [0.15, 0.2) is 66.0 Å². The SMILES string of the molecule is O=C(Nc1ccccc1Oc1ccccc1Cl)[C@@H]1CCCN(C(=O)c2cccs2)C1. The number of carbonyl (C=O) groups excluding carboxylic acids is 2. The van der Waals surface area contributed by atoms with Gasteiger partial charge in [-0.15, -0.1) is 11.3 Å². The van der Waals surface area contributed by atoms with E-state index in [4.69, 9.17) is 16.3 Å². The van der Waals surface area contributed by atoms with E-state index in [-0.39, 0.29) is 17.7 Å². The van der Waals surface area contributed by atoms with E-state index in [1.807, 2.05) is 41.8 Å². The van der Waals surface area contributed by atoms with Gasteiger partial charge < -0.3 is 15.0 Å². The second-order valence-electron chi connectivity index (χ2n) is 7.09. The Bertz CT molecular complexity index is 1040. The van der Waals surface area contributed by atoms with Crippen molar-refractivity contribution in [2.75, 3.05) is 18.4 Å². The third kappa shape index (κ3) is 4.66. The van der Waals surface area contributed by atoms with Gasteiger partial charge in [-0.05, 0) is 48.6 Å². The van der Waals surface area contributed by atoms with Crippen molar-refractivity contribution in [1.29, 1.82) is 0 Å². The van der Waals surface area contributed by atoms with Crippen LogP contribution in [0.2, 0.25) is 5.02 Å². The van der Waals surface area contributed by atoms with E-state index in [0.717, 1.165) is 12.8 Å². The Morgan fingerprint density at radius 3 is 2.57 bits per heavy atom. The summed E-state index contributed by atoms with van der Waals surface area (Å²) in [5.74, 6) is 0.641. The van der Waals surface area contributed by atoms with Crippen molar-refractivity contribution in [2.45, 2.75) is 12.8 Å². The minimum atomic E-state index is -0.268. The Morgan fingerprint density at radius 1 is 1.03 bits per heavy atom. The smallest absolute Gasteiger partial charge is 0.263 e. The molecule has 3 aromatic rings. The second kappa shape index (κ2) is 9.32. The molecule has 154 valence electrons. The van der Waals surface area contributed by atoms with Crippen LogP contribution < -0.4 is 10.1 Å². The van der Waals surface area contributed by atoms with E-state index < -0.39 is 0 Å². The average Bonchev–Trinajstić information content (AvgIpc) is 3.31. The summed E-state index contributed by atoms with van der Waals surface area (Å²) in [6, 6.07) is 18.1. The van der Waals surface area contributed by atoms with Crippen LogP contribution in [0.25, 0.3) is 0 Å². The van der Waals surface area contributed by atoms with Crippen molar-refractivity contribution in [3.8, 4) is 11.5 Å². The molecule has 2 aromatic carbocycles. The van der Waals surface area contributed by atoms with Crippen LogP contribution in [0, 0.1) is 5.92 Å². The summed E-state index contributed by atoms with van der Waals surface area (Å²) in [5.41, 5.74) is 0.573. The molecule has 0 unspecified atom stereocenters. The zero-order valence-electron chi connectivity index (χ0n) is 16.2. The molecule has 30 heavy (non-hydrogen) atoms. The molecule has 1 aliphatic heterocycles. The van der Waals surface area contributed by atoms with E-state index >= 15 is 0 Å². The number of carbonyl (C=O) groups is 2. The number of halogens is 1. The zero-order valence-corrected chi connectivity index (χ0v) is 17.8. The van der Waals surface area contributed by atoms with Gasteiger partial charge in [0.1, 0.15) is 5.75 Å². The zero-order chi connectivity index (χ0) is 20.9. The number of likely N-dealkylation sites (tertiary alicyclic amines) is 1. The molecule has 0 aliphatic carbocycles. The van der Waals surface area contributed by atoms with E-state index in [9.17, 15) is 9.59 Å². The van der Waals surface area contributed by atoms with E-state index in [2.05, 4.69) is 5.32 Å². The number of para-hydroxylation sites is 3. The largest absolute Gasteiger partial charge is 0.454 e. The second-order valence-corrected chi connectivity index (χ2v) is 8.44. The molecule has 1 saturated heterocycles. The lowest BCUT2D eigenvalue weighted by Crippen LogP contribution is -2.43. The lowest BCUT2D eigenvalue weighted by Gasteiger charge is -2.31. The van der Waals surface area contributed by atoms with Crippen LogP contribution in [0.3, 0.4) is 0 Å². The Morgan fingerprint density at radius 2 is 1.80 bits per heavy atom. The van der Waals surface area contributed by atoms with Gasteiger partial charge in [0.25, 0.3) is 5.91 Å². The first-order valence-electron chi connectivity index (χ1n) is 9.77. The monoisotopic (exact) mass is 440 g/mol. The summed E-state index contributed by atoms with van der Waals surface area (Å²) < 4.78 is 5.93. The third-order valence-electron chi connectivity index (χ3n) is 5.01.